The van der Waals surface area contributed by atoms with Crippen molar-refractivity contribution < 1.29 is 0 Å². The van der Waals surface area contributed by atoms with Crippen LogP contribution in [-0.4, -0.2) is 49.2 Å². The number of nitrogens with zero attached hydrogens (tertiary/aromatic N) is 1. The Kier molecular flexibility index (Phi) is 5.49. The molecule has 0 rings (SSSR count). The summed E-state index contributed by atoms with van der Waals surface area (Å²) in [5.41, 5.74) is 0. The van der Waals surface area contributed by atoms with E-state index in [2.05, 4.69) is 59.8 Å². The van der Waals surface area contributed by atoms with Gasteiger partial charge in [0.25, 0.3) is 0 Å². The van der Waals surface area contributed by atoms with Crippen molar-refractivity contribution in [3.05, 3.63) is 0 Å². The minimum atomic E-state index is -1.84. The Morgan fingerprint density at radius 2 is 1.64 bits per heavy atom. The van der Waals surface area contributed by atoms with Gasteiger partial charge in [-0.05, 0) is 27.7 Å². The zero-order valence-electron chi connectivity index (χ0n) is 10.7. The van der Waals surface area contributed by atoms with Gasteiger partial charge in [-0.25, -0.2) is 0 Å². The topological polar surface area (TPSA) is 39.3 Å². The molecule has 0 saturated carbocycles. The smallest absolute Gasteiger partial charge is 0.322 e. The zero-order chi connectivity index (χ0) is 11.4. The largest absolute Gasteiger partial charge is 0.361 e. The van der Waals surface area contributed by atoms with Crippen LogP contribution < -0.4 is 14.6 Å². The Balaban J connectivity index is 4.67. The van der Waals surface area contributed by atoms with Crippen LogP contribution in [0, 0.1) is 0 Å². The Labute approximate surface area is 90.9 Å². The van der Waals surface area contributed by atoms with Gasteiger partial charge in [0.05, 0.1) is 0 Å². The average molecular weight is 234 g/mol. The van der Waals surface area contributed by atoms with Gasteiger partial charge in [0.1, 0.15) is 8.24 Å². The van der Waals surface area contributed by atoms with E-state index in [9.17, 15) is 0 Å². The third kappa shape index (κ3) is 4.20. The molecule has 0 heterocycles. The van der Waals surface area contributed by atoms with Crippen molar-refractivity contribution >= 4 is 17.0 Å². The van der Waals surface area contributed by atoms with Crippen LogP contribution in [0.25, 0.3) is 0 Å². The van der Waals surface area contributed by atoms with Gasteiger partial charge in [-0.2, -0.15) is 0 Å². The molecule has 0 amide bonds. The molecule has 1 unspecified atom stereocenters. The second-order valence-corrected chi connectivity index (χ2v) is 13.4. The molecular formula is C8H26N4Si2. The minimum Gasteiger partial charge on any atom is -0.322 e. The van der Waals surface area contributed by atoms with E-state index < -0.39 is 17.0 Å². The van der Waals surface area contributed by atoms with Gasteiger partial charge in [0, 0.05) is 0 Å². The summed E-state index contributed by atoms with van der Waals surface area (Å²) >= 11 is 0. The molecule has 0 aliphatic carbocycles. The molecule has 14 heavy (non-hydrogen) atoms. The maximum atomic E-state index is 3.80. The molecule has 1 atom stereocenters. The normalized spacial score (nSPS) is 17.1. The summed E-state index contributed by atoms with van der Waals surface area (Å²) in [5, 5.41) is 0. The quantitative estimate of drug-likeness (QED) is 0.576. The van der Waals surface area contributed by atoms with Crippen LogP contribution >= 0.6 is 0 Å². The first kappa shape index (κ1) is 14.3. The van der Waals surface area contributed by atoms with Crippen molar-refractivity contribution in [3.63, 3.8) is 0 Å². The number of hydrogen-bond acceptors (Lipinski definition) is 4. The number of hydrogen-bond donors (Lipinski definition) is 3. The van der Waals surface area contributed by atoms with Crippen LogP contribution in [0.5, 0.6) is 0 Å². The van der Waals surface area contributed by atoms with Gasteiger partial charge in [-0.15, -0.1) is 0 Å². The van der Waals surface area contributed by atoms with E-state index in [-0.39, 0.29) is 0 Å². The molecule has 0 aliphatic rings. The molecule has 0 bridgehead atoms. The van der Waals surface area contributed by atoms with Crippen LogP contribution in [0.2, 0.25) is 19.6 Å². The summed E-state index contributed by atoms with van der Waals surface area (Å²) in [5.74, 6) is 0. The molecule has 0 saturated heterocycles. The van der Waals surface area contributed by atoms with Crippen molar-refractivity contribution in [3.8, 4) is 0 Å². The molecule has 0 fully saturated rings. The molecule has 0 aromatic carbocycles. The van der Waals surface area contributed by atoms with Crippen LogP contribution in [0.15, 0.2) is 0 Å². The van der Waals surface area contributed by atoms with Crippen molar-refractivity contribution in [1.82, 2.24) is 19.2 Å². The highest BCUT2D eigenvalue weighted by atomic mass is 28.4. The summed E-state index contributed by atoms with van der Waals surface area (Å²) in [6.07, 6.45) is 0. The Hall–Kier alpha value is 0.274. The highest BCUT2D eigenvalue weighted by molar-refractivity contribution is 6.88. The Morgan fingerprint density at radius 1 is 1.14 bits per heavy atom. The second kappa shape index (κ2) is 5.38. The maximum Gasteiger partial charge on any atom is 0.361 e. The van der Waals surface area contributed by atoms with Crippen molar-refractivity contribution in [1.29, 1.82) is 0 Å². The number of nitrogens with one attached hydrogen (secondary N) is 3. The Morgan fingerprint density at radius 3 is 1.86 bits per heavy atom. The summed E-state index contributed by atoms with van der Waals surface area (Å²) in [6.45, 7) is 10.1. The van der Waals surface area contributed by atoms with Crippen LogP contribution in [0.3, 0.4) is 0 Å². The van der Waals surface area contributed by atoms with Gasteiger partial charge < -0.3 is 14.6 Å². The van der Waals surface area contributed by atoms with E-state index >= 15 is 0 Å². The zero-order valence-corrected chi connectivity index (χ0v) is 12.7. The maximum absolute atomic E-state index is 3.80. The van der Waals surface area contributed by atoms with Crippen molar-refractivity contribution in [2.45, 2.75) is 26.6 Å². The molecule has 3 N–H and O–H groups in total. The lowest BCUT2D eigenvalue weighted by Gasteiger charge is -2.41. The van der Waals surface area contributed by atoms with E-state index in [1.54, 1.807) is 0 Å². The van der Waals surface area contributed by atoms with Crippen LogP contribution in [0.1, 0.15) is 6.92 Å². The molecular weight excluding hydrogens is 208 g/mol. The first-order valence-corrected chi connectivity index (χ1v) is 10.6. The SMILES string of the molecule is CCN[Si](NC)(N[Si](C)(C)C)N(C)C. The third-order valence-corrected chi connectivity index (χ3v) is 9.40. The van der Waals surface area contributed by atoms with Gasteiger partial charge >= 0.3 is 8.72 Å². The van der Waals surface area contributed by atoms with E-state index in [0.29, 0.717) is 0 Å². The summed E-state index contributed by atoms with van der Waals surface area (Å²) in [7, 11) is 3.17. The third-order valence-electron chi connectivity index (χ3n) is 2.02. The molecule has 0 aromatic heterocycles. The predicted octanol–water partition coefficient (Wildman–Crippen LogP) is 0.237. The van der Waals surface area contributed by atoms with Crippen molar-refractivity contribution in [2.24, 2.45) is 0 Å². The summed E-state index contributed by atoms with van der Waals surface area (Å²) in [6, 6.07) is 0. The molecule has 4 nitrogen and oxygen atoms in total. The Bertz CT molecular complexity index is 169. The van der Waals surface area contributed by atoms with E-state index in [0.717, 1.165) is 6.54 Å². The minimum absolute atomic E-state index is 0.989. The van der Waals surface area contributed by atoms with Gasteiger partial charge in [0.15, 0.2) is 0 Å². The molecule has 6 heteroatoms. The fourth-order valence-corrected chi connectivity index (χ4v) is 9.03. The van der Waals surface area contributed by atoms with Gasteiger partial charge in [-0.1, -0.05) is 26.6 Å². The molecule has 0 spiro atoms. The van der Waals surface area contributed by atoms with Gasteiger partial charge in [0.2, 0.25) is 0 Å². The lowest BCUT2D eigenvalue weighted by atomic mass is 10.8. The first-order valence-electron chi connectivity index (χ1n) is 5.18. The fraction of sp³-hybridized carbons (Fsp3) is 1.00. The second-order valence-electron chi connectivity index (χ2n) is 4.76. The fourth-order valence-electron chi connectivity index (χ4n) is 1.49. The standard InChI is InChI=1S/C8H26N4Si2/c1-8-10-14(9-2,12(3)4)11-13(5,6)7/h9-11H,8H2,1-7H3. The van der Waals surface area contributed by atoms with E-state index in [4.69, 9.17) is 0 Å². The highest BCUT2D eigenvalue weighted by Gasteiger charge is 2.39. The van der Waals surface area contributed by atoms with E-state index in [1.165, 1.54) is 0 Å². The molecule has 0 radical (unpaired) electrons. The molecule has 0 aliphatic heterocycles. The summed E-state index contributed by atoms with van der Waals surface area (Å²) < 4.78 is 6.07. The van der Waals surface area contributed by atoms with E-state index in [1.807, 2.05) is 7.05 Å². The van der Waals surface area contributed by atoms with Gasteiger partial charge in [-0.3, -0.25) is 4.57 Å². The molecule has 0 aromatic rings. The van der Waals surface area contributed by atoms with Crippen LogP contribution in [-0.2, 0) is 0 Å². The number of rotatable bonds is 6. The lowest BCUT2D eigenvalue weighted by Crippen LogP contribution is -2.82. The van der Waals surface area contributed by atoms with Crippen molar-refractivity contribution in [2.75, 3.05) is 27.7 Å². The van der Waals surface area contributed by atoms with Crippen LogP contribution in [0.4, 0.5) is 0 Å². The first-order chi connectivity index (χ1) is 6.27. The highest BCUT2D eigenvalue weighted by Crippen LogP contribution is 2.01. The monoisotopic (exact) mass is 234 g/mol. The lowest BCUT2D eigenvalue weighted by molar-refractivity contribution is 0.552. The summed E-state index contributed by atoms with van der Waals surface area (Å²) in [4.78, 5) is 7.03. The average Bonchev–Trinajstić information content (AvgIpc) is 2.00. The predicted molar refractivity (Wildman–Crippen MR) is 68.7 cm³/mol. The molecule has 86 valence electrons.